The molecule has 0 atom stereocenters. The average Bonchev–Trinajstić information content (AvgIpc) is 2.44. The molecule has 2 aromatic carbocycles. The Morgan fingerprint density at radius 2 is 0.909 bits per heavy atom. The van der Waals surface area contributed by atoms with Crippen molar-refractivity contribution in [2.24, 2.45) is 0 Å². The summed E-state index contributed by atoms with van der Waals surface area (Å²) in [6.07, 6.45) is 0. The molecule has 0 bridgehead atoms. The van der Waals surface area contributed by atoms with Crippen LogP contribution in [0.25, 0.3) is 0 Å². The van der Waals surface area contributed by atoms with Gasteiger partial charge in [0.1, 0.15) is 34.4 Å². The lowest BCUT2D eigenvalue weighted by atomic mass is 10.2. The van der Waals surface area contributed by atoms with Crippen LogP contribution in [0, 0.1) is 23.3 Å². The lowest BCUT2D eigenvalue weighted by molar-refractivity contribution is -0.188. The van der Waals surface area contributed by atoms with E-state index in [2.05, 4.69) is 9.78 Å². The highest BCUT2D eigenvalue weighted by atomic mass is 19.1. The molecule has 0 N–H and O–H groups in total. The third-order valence-electron chi connectivity index (χ3n) is 2.53. The zero-order chi connectivity index (χ0) is 16.3. The number of hydrogen-bond acceptors (Lipinski definition) is 4. The first kappa shape index (κ1) is 15.5. The molecule has 0 amide bonds. The average molecular weight is 314 g/mol. The molecule has 0 aromatic heterocycles. The fourth-order valence-electron chi connectivity index (χ4n) is 1.54. The molecule has 0 aliphatic carbocycles. The van der Waals surface area contributed by atoms with E-state index < -0.39 is 46.3 Å². The molecular weight excluding hydrogens is 308 g/mol. The molecule has 22 heavy (non-hydrogen) atoms. The largest absolute Gasteiger partial charge is 0.392 e. The maximum Gasteiger partial charge on any atom is 0.392 e. The number of hydrogen-bond donors (Lipinski definition) is 0. The SMILES string of the molecule is O=C(OOC(=O)c1c(F)cccc1F)c1c(F)cccc1F. The molecule has 0 radical (unpaired) electrons. The maximum absolute atomic E-state index is 13.3. The second-order valence-corrected chi connectivity index (χ2v) is 3.93. The minimum Gasteiger partial charge on any atom is -0.241 e. The topological polar surface area (TPSA) is 52.6 Å². The summed E-state index contributed by atoms with van der Waals surface area (Å²) >= 11 is 0. The van der Waals surface area contributed by atoms with E-state index in [1.54, 1.807) is 0 Å². The Hall–Kier alpha value is -2.90. The van der Waals surface area contributed by atoms with E-state index in [0.29, 0.717) is 0 Å². The van der Waals surface area contributed by atoms with Crippen molar-refractivity contribution in [1.29, 1.82) is 0 Å². The van der Waals surface area contributed by atoms with Gasteiger partial charge in [-0.1, -0.05) is 12.1 Å². The van der Waals surface area contributed by atoms with Crippen molar-refractivity contribution in [3.8, 4) is 0 Å². The predicted molar refractivity (Wildman–Crippen MR) is 63.5 cm³/mol. The van der Waals surface area contributed by atoms with Crippen molar-refractivity contribution in [2.45, 2.75) is 0 Å². The van der Waals surface area contributed by atoms with E-state index in [0.717, 1.165) is 36.4 Å². The highest BCUT2D eigenvalue weighted by Gasteiger charge is 2.24. The zero-order valence-corrected chi connectivity index (χ0v) is 10.6. The van der Waals surface area contributed by atoms with Gasteiger partial charge in [0.15, 0.2) is 0 Å². The molecule has 0 saturated carbocycles. The number of rotatable bonds is 2. The van der Waals surface area contributed by atoms with E-state index >= 15 is 0 Å². The van der Waals surface area contributed by atoms with Gasteiger partial charge in [-0.15, -0.1) is 0 Å². The third kappa shape index (κ3) is 3.05. The Bertz CT molecular complexity index is 642. The molecule has 0 aliphatic rings. The van der Waals surface area contributed by atoms with E-state index in [4.69, 9.17) is 0 Å². The monoisotopic (exact) mass is 314 g/mol. The molecule has 114 valence electrons. The summed E-state index contributed by atoms with van der Waals surface area (Å²) in [6, 6.07) is 5.11. The van der Waals surface area contributed by atoms with Gasteiger partial charge in [-0.05, 0) is 24.3 Å². The van der Waals surface area contributed by atoms with E-state index in [1.165, 1.54) is 0 Å². The quantitative estimate of drug-likeness (QED) is 0.485. The predicted octanol–water partition coefficient (Wildman–Crippen LogP) is 3.17. The fraction of sp³-hybridized carbons (Fsp3) is 0. The van der Waals surface area contributed by atoms with Crippen LogP contribution in [0.4, 0.5) is 17.6 Å². The fourth-order valence-corrected chi connectivity index (χ4v) is 1.54. The lowest BCUT2D eigenvalue weighted by Crippen LogP contribution is -2.16. The van der Waals surface area contributed by atoms with Crippen LogP contribution in [0.5, 0.6) is 0 Å². The maximum atomic E-state index is 13.3. The van der Waals surface area contributed by atoms with Crippen LogP contribution in [-0.2, 0) is 9.78 Å². The van der Waals surface area contributed by atoms with Crippen LogP contribution in [0.1, 0.15) is 20.7 Å². The molecule has 0 fully saturated rings. The molecular formula is C14H6F4O4. The summed E-state index contributed by atoms with van der Waals surface area (Å²) in [6.45, 7) is 0. The van der Waals surface area contributed by atoms with Crippen LogP contribution >= 0.6 is 0 Å². The molecule has 0 unspecified atom stereocenters. The van der Waals surface area contributed by atoms with Gasteiger partial charge in [0.25, 0.3) is 0 Å². The Kier molecular flexibility index (Phi) is 4.40. The van der Waals surface area contributed by atoms with E-state index in [-0.39, 0.29) is 0 Å². The first-order valence-electron chi connectivity index (χ1n) is 5.73. The van der Waals surface area contributed by atoms with Crippen molar-refractivity contribution in [2.75, 3.05) is 0 Å². The normalized spacial score (nSPS) is 10.2. The second-order valence-electron chi connectivity index (χ2n) is 3.93. The van der Waals surface area contributed by atoms with Gasteiger partial charge in [0.2, 0.25) is 0 Å². The van der Waals surface area contributed by atoms with Gasteiger partial charge < -0.3 is 0 Å². The molecule has 4 nitrogen and oxygen atoms in total. The van der Waals surface area contributed by atoms with Crippen LogP contribution < -0.4 is 0 Å². The molecule has 0 spiro atoms. The highest BCUT2D eigenvalue weighted by Crippen LogP contribution is 2.16. The first-order chi connectivity index (χ1) is 10.4. The Morgan fingerprint density at radius 3 is 1.18 bits per heavy atom. The van der Waals surface area contributed by atoms with Crippen LogP contribution in [0.2, 0.25) is 0 Å². The highest BCUT2D eigenvalue weighted by molar-refractivity contribution is 5.92. The number of benzene rings is 2. The third-order valence-corrected chi connectivity index (χ3v) is 2.53. The van der Waals surface area contributed by atoms with Gasteiger partial charge in [-0.2, -0.15) is 0 Å². The van der Waals surface area contributed by atoms with Crippen molar-refractivity contribution < 1.29 is 36.9 Å². The van der Waals surface area contributed by atoms with Gasteiger partial charge >= 0.3 is 11.9 Å². The molecule has 0 saturated heterocycles. The first-order valence-corrected chi connectivity index (χ1v) is 5.73. The van der Waals surface area contributed by atoms with Crippen LogP contribution in [0.15, 0.2) is 36.4 Å². The number of halogens is 4. The van der Waals surface area contributed by atoms with Gasteiger partial charge in [0, 0.05) is 0 Å². The smallest absolute Gasteiger partial charge is 0.241 e. The van der Waals surface area contributed by atoms with E-state index in [1.807, 2.05) is 0 Å². The second kappa shape index (κ2) is 6.25. The summed E-state index contributed by atoms with van der Waals surface area (Å²) in [5.74, 6) is -8.34. The molecule has 2 rings (SSSR count). The minimum atomic E-state index is -1.67. The van der Waals surface area contributed by atoms with Crippen molar-refractivity contribution in [3.63, 3.8) is 0 Å². The molecule has 0 heterocycles. The summed E-state index contributed by atoms with van der Waals surface area (Å²) < 4.78 is 53.1. The summed E-state index contributed by atoms with van der Waals surface area (Å²) in [5, 5.41) is 0. The minimum absolute atomic E-state index is 0.776. The Balaban J connectivity index is 2.13. The van der Waals surface area contributed by atoms with Crippen LogP contribution in [-0.4, -0.2) is 11.9 Å². The zero-order valence-electron chi connectivity index (χ0n) is 10.6. The number of carbonyl (C=O) groups excluding carboxylic acids is 2. The molecule has 0 aliphatic heterocycles. The standard InChI is InChI=1S/C14H6F4O4/c15-7-3-1-4-8(16)11(7)13(19)21-22-14(20)12-9(17)5-2-6-10(12)18/h1-6H. The van der Waals surface area contributed by atoms with Gasteiger partial charge in [0.05, 0.1) is 0 Å². The molecule has 8 heteroatoms. The number of carbonyl (C=O) groups is 2. The van der Waals surface area contributed by atoms with Crippen molar-refractivity contribution >= 4 is 11.9 Å². The summed E-state index contributed by atoms with van der Waals surface area (Å²) in [4.78, 5) is 30.7. The molecule has 2 aromatic rings. The van der Waals surface area contributed by atoms with Crippen molar-refractivity contribution in [3.05, 3.63) is 70.8 Å². The van der Waals surface area contributed by atoms with Gasteiger partial charge in [-0.3, -0.25) is 0 Å². The Morgan fingerprint density at radius 1 is 0.636 bits per heavy atom. The van der Waals surface area contributed by atoms with Gasteiger partial charge in [-0.25, -0.2) is 36.9 Å². The van der Waals surface area contributed by atoms with Crippen LogP contribution in [0.3, 0.4) is 0 Å². The Labute approximate surface area is 120 Å². The summed E-state index contributed by atoms with van der Waals surface area (Å²) in [5.41, 5.74) is -2.21. The summed E-state index contributed by atoms with van der Waals surface area (Å²) in [7, 11) is 0. The van der Waals surface area contributed by atoms with Crippen molar-refractivity contribution in [1.82, 2.24) is 0 Å². The van der Waals surface area contributed by atoms with E-state index in [9.17, 15) is 27.2 Å². The lowest BCUT2D eigenvalue weighted by Gasteiger charge is -2.06.